The van der Waals surface area contributed by atoms with Gasteiger partial charge in [-0.25, -0.2) is 9.37 Å². The molecule has 1 fully saturated rings. The quantitative estimate of drug-likeness (QED) is 0.877. The minimum absolute atomic E-state index is 0.0816. The smallest absolute Gasteiger partial charge is 0.313 e. The molecule has 0 spiro atoms. The van der Waals surface area contributed by atoms with Crippen molar-refractivity contribution in [2.45, 2.75) is 17.6 Å². The lowest BCUT2D eigenvalue weighted by Crippen LogP contribution is -2.10. The summed E-state index contributed by atoms with van der Waals surface area (Å²) in [5.74, 6) is -1.41. The summed E-state index contributed by atoms with van der Waals surface area (Å²) in [6.07, 6.45) is 0.822. The van der Waals surface area contributed by atoms with E-state index in [1.165, 1.54) is 6.07 Å². The first kappa shape index (κ1) is 13.4. The highest BCUT2D eigenvalue weighted by molar-refractivity contribution is 7.99. The van der Waals surface area contributed by atoms with Gasteiger partial charge in [-0.05, 0) is 18.6 Å². The van der Waals surface area contributed by atoms with Gasteiger partial charge in [0, 0.05) is 6.61 Å². The normalized spacial score (nSPS) is 18.8. The number of thioether (sulfide) groups is 1. The standard InChI is InChI=1S/C13H13FN2O3S/c14-9-2-1-3-10-12(9)15-13(20-7-11(17)18)16(10)8-4-5-19-6-8/h1-3,8H,4-7H2,(H,17,18). The Morgan fingerprint density at radius 1 is 1.60 bits per heavy atom. The fourth-order valence-corrected chi connectivity index (χ4v) is 3.16. The molecule has 0 bridgehead atoms. The molecule has 20 heavy (non-hydrogen) atoms. The first-order valence-corrected chi connectivity index (χ1v) is 7.24. The summed E-state index contributed by atoms with van der Waals surface area (Å²) >= 11 is 1.11. The summed E-state index contributed by atoms with van der Waals surface area (Å²) in [5.41, 5.74) is 0.973. The number of aromatic nitrogens is 2. The zero-order chi connectivity index (χ0) is 14.1. The van der Waals surface area contributed by atoms with Crippen molar-refractivity contribution >= 4 is 28.8 Å². The molecule has 5 nitrogen and oxygen atoms in total. The predicted molar refractivity (Wildman–Crippen MR) is 72.5 cm³/mol. The first-order chi connectivity index (χ1) is 9.66. The zero-order valence-corrected chi connectivity index (χ0v) is 11.4. The van der Waals surface area contributed by atoms with Crippen molar-refractivity contribution in [3.63, 3.8) is 0 Å². The Kier molecular flexibility index (Phi) is 3.62. The molecule has 1 unspecified atom stereocenters. The molecule has 0 saturated carbocycles. The van der Waals surface area contributed by atoms with Crippen molar-refractivity contribution < 1.29 is 19.0 Å². The minimum atomic E-state index is -0.920. The molecule has 1 aliphatic heterocycles. The Hall–Kier alpha value is -1.60. The lowest BCUT2D eigenvalue weighted by Gasteiger charge is -2.14. The molecule has 1 N–H and O–H groups in total. The van der Waals surface area contributed by atoms with Crippen LogP contribution in [0.1, 0.15) is 12.5 Å². The van der Waals surface area contributed by atoms with Crippen molar-refractivity contribution in [1.82, 2.24) is 9.55 Å². The zero-order valence-electron chi connectivity index (χ0n) is 10.6. The van der Waals surface area contributed by atoms with E-state index in [-0.39, 0.29) is 17.3 Å². The number of rotatable bonds is 4. The Labute approximate surface area is 118 Å². The van der Waals surface area contributed by atoms with E-state index in [1.54, 1.807) is 12.1 Å². The molecule has 2 heterocycles. The molecule has 3 rings (SSSR count). The third-order valence-corrected chi connectivity index (χ3v) is 4.17. The van der Waals surface area contributed by atoms with E-state index in [0.717, 1.165) is 18.2 Å². The molecule has 1 aromatic heterocycles. The van der Waals surface area contributed by atoms with Gasteiger partial charge in [-0.3, -0.25) is 4.79 Å². The number of imidazole rings is 1. The van der Waals surface area contributed by atoms with Crippen LogP contribution in [0.2, 0.25) is 0 Å². The average Bonchev–Trinajstić information content (AvgIpc) is 3.03. The molecule has 1 aromatic carbocycles. The maximum absolute atomic E-state index is 13.8. The van der Waals surface area contributed by atoms with E-state index < -0.39 is 11.8 Å². The number of nitrogens with zero attached hydrogens (tertiary/aromatic N) is 2. The van der Waals surface area contributed by atoms with Crippen LogP contribution in [0.3, 0.4) is 0 Å². The molecular formula is C13H13FN2O3S. The van der Waals surface area contributed by atoms with Gasteiger partial charge in [-0.15, -0.1) is 0 Å². The molecule has 7 heteroatoms. The number of fused-ring (bicyclic) bond motifs is 1. The van der Waals surface area contributed by atoms with E-state index in [0.29, 0.717) is 23.9 Å². The van der Waals surface area contributed by atoms with Gasteiger partial charge < -0.3 is 14.4 Å². The van der Waals surface area contributed by atoms with Crippen LogP contribution in [0, 0.1) is 5.82 Å². The summed E-state index contributed by atoms with van der Waals surface area (Å²) in [5, 5.41) is 9.33. The second-order valence-corrected chi connectivity index (χ2v) is 5.51. The highest BCUT2D eigenvalue weighted by Gasteiger charge is 2.24. The van der Waals surface area contributed by atoms with E-state index in [2.05, 4.69) is 4.98 Å². The average molecular weight is 296 g/mol. The van der Waals surface area contributed by atoms with Crippen molar-refractivity contribution in [1.29, 1.82) is 0 Å². The Morgan fingerprint density at radius 3 is 3.15 bits per heavy atom. The summed E-state index contributed by atoms with van der Waals surface area (Å²) in [6, 6.07) is 4.88. The fourth-order valence-electron chi connectivity index (χ4n) is 2.37. The molecule has 0 aliphatic carbocycles. The predicted octanol–water partition coefficient (Wildman–Crippen LogP) is 2.31. The second-order valence-electron chi connectivity index (χ2n) is 4.57. The molecule has 0 amide bonds. The number of para-hydroxylation sites is 1. The summed E-state index contributed by atoms with van der Waals surface area (Å²) < 4.78 is 21.1. The van der Waals surface area contributed by atoms with Gasteiger partial charge in [0.15, 0.2) is 11.0 Å². The monoisotopic (exact) mass is 296 g/mol. The minimum Gasteiger partial charge on any atom is -0.481 e. The Balaban J connectivity index is 2.08. The van der Waals surface area contributed by atoms with Gasteiger partial charge in [0.05, 0.1) is 23.9 Å². The maximum Gasteiger partial charge on any atom is 0.313 e. The molecule has 0 radical (unpaired) electrons. The number of hydrogen-bond donors (Lipinski definition) is 1. The van der Waals surface area contributed by atoms with Crippen LogP contribution in [0.15, 0.2) is 23.4 Å². The van der Waals surface area contributed by atoms with Gasteiger partial charge in [0.2, 0.25) is 0 Å². The van der Waals surface area contributed by atoms with Crippen LogP contribution in [0.25, 0.3) is 11.0 Å². The lowest BCUT2D eigenvalue weighted by atomic mass is 10.2. The highest BCUT2D eigenvalue weighted by atomic mass is 32.2. The van der Waals surface area contributed by atoms with Crippen LogP contribution in [-0.2, 0) is 9.53 Å². The SMILES string of the molecule is O=C(O)CSc1nc2c(F)cccc2n1C1CCOC1. The van der Waals surface area contributed by atoms with Gasteiger partial charge in [-0.1, -0.05) is 17.8 Å². The maximum atomic E-state index is 13.8. The van der Waals surface area contributed by atoms with E-state index in [4.69, 9.17) is 9.84 Å². The van der Waals surface area contributed by atoms with Crippen molar-refractivity contribution in [2.24, 2.45) is 0 Å². The number of halogens is 1. The van der Waals surface area contributed by atoms with Crippen LogP contribution >= 0.6 is 11.8 Å². The number of ether oxygens (including phenoxy) is 1. The summed E-state index contributed by atoms with van der Waals surface area (Å²) in [6.45, 7) is 1.20. The molecule has 1 aliphatic rings. The molecule has 106 valence electrons. The van der Waals surface area contributed by atoms with Crippen LogP contribution in [-0.4, -0.2) is 39.6 Å². The van der Waals surface area contributed by atoms with Crippen molar-refractivity contribution in [2.75, 3.05) is 19.0 Å². The van der Waals surface area contributed by atoms with E-state index in [9.17, 15) is 9.18 Å². The first-order valence-electron chi connectivity index (χ1n) is 6.25. The third kappa shape index (κ3) is 2.38. The summed E-state index contributed by atoms with van der Waals surface area (Å²) in [7, 11) is 0. The van der Waals surface area contributed by atoms with Crippen LogP contribution in [0.4, 0.5) is 4.39 Å². The molecule has 1 atom stereocenters. The van der Waals surface area contributed by atoms with E-state index >= 15 is 0 Å². The lowest BCUT2D eigenvalue weighted by molar-refractivity contribution is -0.133. The Bertz CT molecular complexity index is 652. The topological polar surface area (TPSA) is 64.3 Å². The number of aliphatic carboxylic acids is 1. The number of carboxylic acids is 1. The molecule has 1 saturated heterocycles. The Morgan fingerprint density at radius 2 is 2.45 bits per heavy atom. The largest absolute Gasteiger partial charge is 0.481 e. The number of carbonyl (C=O) groups is 1. The van der Waals surface area contributed by atoms with Crippen molar-refractivity contribution in [3.05, 3.63) is 24.0 Å². The number of benzene rings is 1. The highest BCUT2D eigenvalue weighted by Crippen LogP contribution is 2.32. The fraction of sp³-hybridized carbons (Fsp3) is 0.385. The molecular weight excluding hydrogens is 283 g/mol. The summed E-state index contributed by atoms with van der Waals surface area (Å²) in [4.78, 5) is 15.0. The van der Waals surface area contributed by atoms with Crippen LogP contribution in [0.5, 0.6) is 0 Å². The van der Waals surface area contributed by atoms with E-state index in [1.807, 2.05) is 4.57 Å². The van der Waals surface area contributed by atoms with Gasteiger partial charge in [0.25, 0.3) is 0 Å². The molecule has 2 aromatic rings. The number of hydrogen-bond acceptors (Lipinski definition) is 4. The second kappa shape index (κ2) is 5.41. The van der Waals surface area contributed by atoms with Gasteiger partial charge >= 0.3 is 5.97 Å². The number of carboxylic acid groups (broad SMARTS) is 1. The third-order valence-electron chi connectivity index (χ3n) is 3.23. The van der Waals surface area contributed by atoms with Crippen LogP contribution < -0.4 is 0 Å². The van der Waals surface area contributed by atoms with Crippen molar-refractivity contribution in [3.8, 4) is 0 Å². The van der Waals surface area contributed by atoms with Gasteiger partial charge in [0.1, 0.15) is 5.52 Å². The van der Waals surface area contributed by atoms with Gasteiger partial charge in [-0.2, -0.15) is 0 Å².